The van der Waals surface area contributed by atoms with Crippen LogP contribution in [-0.4, -0.2) is 30.0 Å². The average molecular weight is 300 g/mol. The highest BCUT2D eigenvalue weighted by Gasteiger charge is 2.21. The first kappa shape index (κ1) is 14.6. The van der Waals surface area contributed by atoms with E-state index in [0.29, 0.717) is 6.54 Å². The van der Waals surface area contributed by atoms with Crippen LogP contribution in [0.5, 0.6) is 0 Å². The molecule has 1 aromatic heterocycles. The first-order valence-electron chi connectivity index (χ1n) is 5.84. The van der Waals surface area contributed by atoms with Gasteiger partial charge in [-0.15, -0.1) is 0 Å². The molecule has 0 aliphatic carbocycles. The van der Waals surface area contributed by atoms with E-state index in [9.17, 15) is 0 Å². The predicted molar refractivity (Wildman–Crippen MR) is 75.8 cm³/mol. The molecule has 1 aromatic rings. The van der Waals surface area contributed by atoms with Gasteiger partial charge in [0.2, 0.25) is 0 Å². The van der Waals surface area contributed by atoms with Crippen LogP contribution < -0.4 is 5.73 Å². The molecule has 1 atom stereocenters. The molecule has 0 fully saturated rings. The third-order valence-corrected chi connectivity index (χ3v) is 3.02. The zero-order valence-electron chi connectivity index (χ0n) is 11.1. The molecule has 3 nitrogen and oxygen atoms in total. The Hall–Kier alpha value is -0.450. The van der Waals surface area contributed by atoms with Gasteiger partial charge in [-0.25, -0.2) is 0 Å². The molecular weight excluding hydrogens is 278 g/mol. The van der Waals surface area contributed by atoms with Crippen molar-refractivity contribution in [2.45, 2.75) is 26.8 Å². The van der Waals surface area contributed by atoms with Gasteiger partial charge < -0.3 is 5.73 Å². The lowest BCUT2D eigenvalue weighted by atomic mass is 9.95. The molecule has 0 aromatic carbocycles. The Morgan fingerprint density at radius 2 is 2.06 bits per heavy atom. The third kappa shape index (κ3) is 4.74. The number of pyridine rings is 1. The largest absolute Gasteiger partial charge is 0.329 e. The minimum Gasteiger partial charge on any atom is -0.329 e. The van der Waals surface area contributed by atoms with Crippen molar-refractivity contribution in [2.75, 3.05) is 20.1 Å². The number of rotatable bonds is 4. The molecule has 2 N–H and O–H groups in total. The van der Waals surface area contributed by atoms with Gasteiger partial charge in [0.05, 0.1) is 0 Å². The monoisotopic (exact) mass is 299 g/mol. The number of likely N-dealkylation sites (N-methyl/N-ethyl adjacent to an activating group) is 1. The van der Waals surface area contributed by atoms with Crippen LogP contribution in [0.3, 0.4) is 0 Å². The Morgan fingerprint density at radius 3 is 2.53 bits per heavy atom. The van der Waals surface area contributed by atoms with Crippen molar-refractivity contribution in [3.63, 3.8) is 0 Å². The van der Waals surface area contributed by atoms with Crippen molar-refractivity contribution >= 4 is 15.9 Å². The summed E-state index contributed by atoms with van der Waals surface area (Å²) in [5, 5.41) is 0. The van der Waals surface area contributed by atoms with Crippen molar-refractivity contribution in [3.8, 4) is 0 Å². The molecule has 96 valence electrons. The topological polar surface area (TPSA) is 42.1 Å². The van der Waals surface area contributed by atoms with Crippen LogP contribution in [0, 0.1) is 5.41 Å². The summed E-state index contributed by atoms with van der Waals surface area (Å²) >= 11 is 3.45. The quantitative estimate of drug-likeness (QED) is 0.929. The molecule has 0 saturated carbocycles. The van der Waals surface area contributed by atoms with Crippen LogP contribution in [-0.2, 0) is 0 Å². The van der Waals surface area contributed by atoms with Gasteiger partial charge in [0.1, 0.15) is 0 Å². The minimum atomic E-state index is 0.222. The van der Waals surface area contributed by atoms with E-state index in [1.54, 1.807) is 6.20 Å². The summed E-state index contributed by atoms with van der Waals surface area (Å²) < 4.78 is 0.998. The molecule has 0 saturated heterocycles. The lowest BCUT2D eigenvalue weighted by Gasteiger charge is -2.32. The van der Waals surface area contributed by atoms with Gasteiger partial charge in [-0.1, -0.05) is 20.8 Å². The van der Waals surface area contributed by atoms with Gasteiger partial charge >= 0.3 is 0 Å². The zero-order valence-corrected chi connectivity index (χ0v) is 12.7. The van der Waals surface area contributed by atoms with Gasteiger partial charge in [0, 0.05) is 36.0 Å². The van der Waals surface area contributed by atoms with Crippen LogP contribution >= 0.6 is 15.9 Å². The second-order valence-corrected chi connectivity index (χ2v) is 6.58. The molecule has 17 heavy (non-hydrogen) atoms. The lowest BCUT2D eigenvalue weighted by Crippen LogP contribution is -2.36. The summed E-state index contributed by atoms with van der Waals surface area (Å²) in [6, 6.07) is 2.31. The summed E-state index contributed by atoms with van der Waals surface area (Å²) in [5.74, 6) is 0. The first-order chi connectivity index (χ1) is 7.83. The molecule has 0 aliphatic heterocycles. The zero-order chi connectivity index (χ0) is 13.1. The van der Waals surface area contributed by atoms with E-state index in [4.69, 9.17) is 5.73 Å². The van der Waals surface area contributed by atoms with Gasteiger partial charge in [0.15, 0.2) is 0 Å². The summed E-state index contributed by atoms with van der Waals surface area (Å²) in [5.41, 5.74) is 7.32. The fraction of sp³-hybridized carbons (Fsp3) is 0.615. The molecule has 1 unspecified atom stereocenters. The van der Waals surface area contributed by atoms with Crippen LogP contribution in [0.25, 0.3) is 0 Å². The molecule has 1 rings (SSSR count). The molecule has 0 bridgehead atoms. The van der Waals surface area contributed by atoms with Crippen molar-refractivity contribution < 1.29 is 0 Å². The van der Waals surface area contributed by atoms with E-state index in [-0.39, 0.29) is 11.5 Å². The highest BCUT2D eigenvalue weighted by atomic mass is 79.9. The normalized spacial score (nSPS) is 14.1. The molecule has 4 heteroatoms. The van der Waals surface area contributed by atoms with Gasteiger partial charge in [-0.3, -0.25) is 9.88 Å². The maximum absolute atomic E-state index is 5.89. The SMILES string of the molecule is CN(CC(C)(C)C)C(CN)c1cncc(Br)c1. The Balaban J connectivity index is 2.84. The predicted octanol–water partition coefficient (Wildman–Crippen LogP) is 2.82. The highest BCUT2D eigenvalue weighted by molar-refractivity contribution is 9.10. The van der Waals surface area contributed by atoms with Gasteiger partial charge in [0.25, 0.3) is 0 Å². The smallest absolute Gasteiger partial charge is 0.0483 e. The second-order valence-electron chi connectivity index (χ2n) is 5.66. The van der Waals surface area contributed by atoms with Gasteiger partial charge in [-0.2, -0.15) is 0 Å². The molecule has 0 spiro atoms. The molecule has 1 heterocycles. The van der Waals surface area contributed by atoms with E-state index < -0.39 is 0 Å². The number of hydrogen-bond acceptors (Lipinski definition) is 3. The molecule has 0 aliphatic rings. The number of hydrogen-bond donors (Lipinski definition) is 1. The summed E-state index contributed by atoms with van der Waals surface area (Å²) in [6.07, 6.45) is 3.68. The summed E-state index contributed by atoms with van der Waals surface area (Å²) in [4.78, 5) is 6.50. The maximum Gasteiger partial charge on any atom is 0.0483 e. The van der Waals surface area contributed by atoms with Crippen LogP contribution in [0.1, 0.15) is 32.4 Å². The number of aromatic nitrogens is 1. The minimum absolute atomic E-state index is 0.222. The van der Waals surface area contributed by atoms with Crippen molar-refractivity contribution in [1.82, 2.24) is 9.88 Å². The standard InChI is InChI=1S/C13H22BrN3/c1-13(2,3)9-17(4)12(6-15)10-5-11(14)8-16-7-10/h5,7-8,12H,6,9,15H2,1-4H3. The van der Waals surface area contributed by atoms with E-state index in [2.05, 4.69) is 59.7 Å². The van der Waals surface area contributed by atoms with Crippen molar-refractivity contribution in [2.24, 2.45) is 11.1 Å². The van der Waals surface area contributed by atoms with Crippen molar-refractivity contribution in [3.05, 3.63) is 28.5 Å². The average Bonchev–Trinajstić information content (AvgIpc) is 2.15. The van der Waals surface area contributed by atoms with E-state index in [0.717, 1.165) is 16.6 Å². The summed E-state index contributed by atoms with van der Waals surface area (Å²) in [6.45, 7) is 8.30. The molecule has 0 amide bonds. The maximum atomic E-state index is 5.89. The Bertz CT molecular complexity index is 360. The van der Waals surface area contributed by atoms with E-state index in [1.807, 2.05) is 6.20 Å². The third-order valence-electron chi connectivity index (χ3n) is 2.59. The van der Waals surface area contributed by atoms with Gasteiger partial charge in [-0.05, 0) is 40.0 Å². The van der Waals surface area contributed by atoms with Crippen LogP contribution in [0.2, 0.25) is 0 Å². The van der Waals surface area contributed by atoms with Crippen molar-refractivity contribution in [1.29, 1.82) is 0 Å². The van der Waals surface area contributed by atoms with Crippen LogP contribution in [0.15, 0.2) is 22.9 Å². The number of nitrogens with zero attached hydrogens (tertiary/aromatic N) is 2. The molecule has 0 radical (unpaired) electrons. The fourth-order valence-corrected chi connectivity index (χ4v) is 2.42. The number of nitrogens with two attached hydrogens (primary N) is 1. The number of halogens is 1. The Morgan fingerprint density at radius 1 is 1.41 bits per heavy atom. The highest BCUT2D eigenvalue weighted by Crippen LogP contribution is 2.24. The first-order valence-corrected chi connectivity index (χ1v) is 6.63. The Kier molecular flexibility index (Phi) is 5.10. The van der Waals surface area contributed by atoms with E-state index >= 15 is 0 Å². The fourth-order valence-electron chi connectivity index (χ4n) is 2.04. The summed E-state index contributed by atoms with van der Waals surface area (Å²) in [7, 11) is 2.11. The van der Waals surface area contributed by atoms with Crippen LogP contribution in [0.4, 0.5) is 0 Å². The van der Waals surface area contributed by atoms with E-state index in [1.165, 1.54) is 0 Å². The Labute approximate surface area is 113 Å². The lowest BCUT2D eigenvalue weighted by molar-refractivity contribution is 0.175. The molecular formula is C13H22BrN3. The second kappa shape index (κ2) is 5.94.